The molecule has 2 unspecified atom stereocenters. The average molecular weight is 202 g/mol. The van der Waals surface area contributed by atoms with Crippen LogP contribution in [0.25, 0.3) is 0 Å². The Morgan fingerprint density at radius 2 is 1.36 bits per heavy atom. The second-order valence-corrected chi connectivity index (χ2v) is 4.34. The molecular formula is C12H26O2. The highest BCUT2D eigenvalue weighted by molar-refractivity contribution is 4.62. The summed E-state index contributed by atoms with van der Waals surface area (Å²) in [7, 11) is 0. The smallest absolute Gasteiger partial charge is 0.0541 e. The van der Waals surface area contributed by atoms with E-state index in [0.29, 0.717) is 6.42 Å². The lowest BCUT2D eigenvalue weighted by Gasteiger charge is -2.16. The van der Waals surface area contributed by atoms with E-state index >= 15 is 0 Å². The molecule has 0 saturated heterocycles. The fourth-order valence-corrected chi connectivity index (χ4v) is 1.70. The number of hydrogen-bond donors (Lipinski definition) is 2. The van der Waals surface area contributed by atoms with Crippen molar-refractivity contribution in [3.05, 3.63) is 0 Å². The van der Waals surface area contributed by atoms with E-state index in [1.807, 2.05) is 0 Å². The lowest BCUT2D eigenvalue weighted by Crippen LogP contribution is -2.12. The highest BCUT2D eigenvalue weighted by atomic mass is 16.3. The van der Waals surface area contributed by atoms with E-state index in [4.69, 9.17) is 5.11 Å². The maximum Gasteiger partial charge on any atom is 0.0541 e. The van der Waals surface area contributed by atoms with Crippen LogP contribution in [0.15, 0.2) is 0 Å². The standard InChI is InChI=1S/C12H26O2/c1-4-11(5-2)7-9-12(14)8-6-10(3)13/h10-14H,4-9H2,1-3H3. The van der Waals surface area contributed by atoms with Gasteiger partial charge in [-0.05, 0) is 38.5 Å². The number of aliphatic hydroxyl groups excluding tert-OH is 2. The predicted molar refractivity (Wildman–Crippen MR) is 60.2 cm³/mol. The third-order valence-corrected chi connectivity index (χ3v) is 2.98. The predicted octanol–water partition coefficient (Wildman–Crippen LogP) is 2.72. The van der Waals surface area contributed by atoms with Gasteiger partial charge in [-0.1, -0.05) is 26.7 Å². The molecule has 2 atom stereocenters. The zero-order chi connectivity index (χ0) is 11.0. The zero-order valence-corrected chi connectivity index (χ0v) is 9.87. The Bertz CT molecular complexity index is 119. The Balaban J connectivity index is 3.46. The van der Waals surface area contributed by atoms with Gasteiger partial charge in [0, 0.05) is 0 Å². The van der Waals surface area contributed by atoms with Gasteiger partial charge in [0.1, 0.15) is 0 Å². The number of rotatable bonds is 8. The van der Waals surface area contributed by atoms with Crippen molar-refractivity contribution in [2.75, 3.05) is 0 Å². The van der Waals surface area contributed by atoms with Crippen molar-refractivity contribution < 1.29 is 10.2 Å². The summed E-state index contributed by atoms with van der Waals surface area (Å²) in [6.45, 7) is 6.18. The summed E-state index contributed by atoms with van der Waals surface area (Å²) in [6, 6.07) is 0. The maximum absolute atomic E-state index is 9.63. The lowest BCUT2D eigenvalue weighted by molar-refractivity contribution is 0.111. The summed E-state index contributed by atoms with van der Waals surface area (Å²) in [5, 5.41) is 18.7. The van der Waals surface area contributed by atoms with E-state index in [1.165, 1.54) is 12.8 Å². The van der Waals surface area contributed by atoms with Crippen molar-refractivity contribution in [1.29, 1.82) is 0 Å². The van der Waals surface area contributed by atoms with Crippen LogP contribution in [0.2, 0.25) is 0 Å². The van der Waals surface area contributed by atoms with Gasteiger partial charge in [0.05, 0.1) is 12.2 Å². The summed E-state index contributed by atoms with van der Waals surface area (Å²) in [5.74, 6) is 0.760. The van der Waals surface area contributed by atoms with Crippen LogP contribution in [0.1, 0.15) is 59.3 Å². The van der Waals surface area contributed by atoms with Crippen molar-refractivity contribution in [2.24, 2.45) is 5.92 Å². The quantitative estimate of drug-likeness (QED) is 0.635. The van der Waals surface area contributed by atoms with Gasteiger partial charge in [-0.3, -0.25) is 0 Å². The zero-order valence-electron chi connectivity index (χ0n) is 9.87. The molecule has 0 aliphatic rings. The van der Waals surface area contributed by atoms with Crippen LogP contribution < -0.4 is 0 Å². The van der Waals surface area contributed by atoms with E-state index in [0.717, 1.165) is 25.2 Å². The average Bonchev–Trinajstić information content (AvgIpc) is 2.16. The summed E-state index contributed by atoms with van der Waals surface area (Å²) in [6.07, 6.45) is 5.37. The first-order valence-corrected chi connectivity index (χ1v) is 5.96. The Morgan fingerprint density at radius 3 is 1.79 bits per heavy atom. The molecule has 86 valence electrons. The molecule has 0 fully saturated rings. The molecule has 0 aromatic rings. The van der Waals surface area contributed by atoms with Gasteiger partial charge in [0.2, 0.25) is 0 Å². The number of hydrogen-bond acceptors (Lipinski definition) is 2. The summed E-state index contributed by atoms with van der Waals surface area (Å²) < 4.78 is 0. The Morgan fingerprint density at radius 1 is 0.857 bits per heavy atom. The van der Waals surface area contributed by atoms with E-state index in [9.17, 15) is 5.11 Å². The topological polar surface area (TPSA) is 40.5 Å². The van der Waals surface area contributed by atoms with Crippen molar-refractivity contribution in [3.8, 4) is 0 Å². The molecule has 0 heterocycles. The Hall–Kier alpha value is -0.0800. The maximum atomic E-state index is 9.63. The van der Waals surface area contributed by atoms with Gasteiger partial charge in [0.25, 0.3) is 0 Å². The fourth-order valence-electron chi connectivity index (χ4n) is 1.70. The molecule has 0 amide bonds. The Labute approximate surface area is 88.3 Å². The van der Waals surface area contributed by atoms with Gasteiger partial charge in [-0.2, -0.15) is 0 Å². The molecule has 0 aromatic heterocycles. The molecule has 14 heavy (non-hydrogen) atoms. The summed E-state index contributed by atoms with van der Waals surface area (Å²) in [4.78, 5) is 0. The van der Waals surface area contributed by atoms with E-state index in [2.05, 4.69) is 13.8 Å². The molecule has 0 radical (unpaired) electrons. The molecule has 0 aliphatic heterocycles. The van der Waals surface area contributed by atoms with Crippen LogP contribution in [-0.2, 0) is 0 Å². The van der Waals surface area contributed by atoms with Gasteiger partial charge in [0.15, 0.2) is 0 Å². The van der Waals surface area contributed by atoms with E-state index in [1.54, 1.807) is 6.92 Å². The minimum atomic E-state index is -0.280. The highest BCUT2D eigenvalue weighted by Crippen LogP contribution is 2.17. The molecule has 0 aromatic carbocycles. The minimum absolute atomic E-state index is 0.217. The molecule has 0 aliphatic carbocycles. The normalized spacial score (nSPS) is 15.9. The van der Waals surface area contributed by atoms with Crippen LogP contribution in [-0.4, -0.2) is 22.4 Å². The highest BCUT2D eigenvalue weighted by Gasteiger charge is 2.09. The summed E-state index contributed by atoms with van der Waals surface area (Å²) in [5.41, 5.74) is 0. The first kappa shape index (κ1) is 13.9. The molecule has 0 rings (SSSR count). The third-order valence-electron chi connectivity index (χ3n) is 2.98. The Kier molecular flexibility index (Phi) is 8.20. The van der Waals surface area contributed by atoms with Gasteiger partial charge < -0.3 is 10.2 Å². The first-order valence-electron chi connectivity index (χ1n) is 5.96. The molecule has 0 bridgehead atoms. The second kappa shape index (κ2) is 8.25. The van der Waals surface area contributed by atoms with Gasteiger partial charge >= 0.3 is 0 Å². The van der Waals surface area contributed by atoms with Crippen molar-refractivity contribution in [3.63, 3.8) is 0 Å². The summed E-state index contributed by atoms with van der Waals surface area (Å²) >= 11 is 0. The third kappa shape index (κ3) is 7.34. The van der Waals surface area contributed by atoms with Crippen LogP contribution in [0.4, 0.5) is 0 Å². The number of aliphatic hydroxyl groups is 2. The van der Waals surface area contributed by atoms with Crippen molar-refractivity contribution in [2.45, 2.75) is 71.5 Å². The van der Waals surface area contributed by atoms with Crippen LogP contribution in [0.5, 0.6) is 0 Å². The first-order chi connectivity index (χ1) is 6.60. The molecule has 2 heteroatoms. The molecule has 2 nitrogen and oxygen atoms in total. The SMILES string of the molecule is CCC(CC)CCC(O)CCC(C)O. The lowest BCUT2D eigenvalue weighted by atomic mass is 9.94. The molecule has 0 spiro atoms. The van der Waals surface area contributed by atoms with Crippen molar-refractivity contribution in [1.82, 2.24) is 0 Å². The van der Waals surface area contributed by atoms with Crippen LogP contribution in [0, 0.1) is 5.92 Å². The van der Waals surface area contributed by atoms with E-state index < -0.39 is 0 Å². The van der Waals surface area contributed by atoms with Crippen LogP contribution >= 0.6 is 0 Å². The molecule has 2 N–H and O–H groups in total. The van der Waals surface area contributed by atoms with E-state index in [-0.39, 0.29) is 12.2 Å². The van der Waals surface area contributed by atoms with Crippen LogP contribution in [0.3, 0.4) is 0 Å². The largest absolute Gasteiger partial charge is 0.393 e. The molecular weight excluding hydrogens is 176 g/mol. The van der Waals surface area contributed by atoms with Gasteiger partial charge in [-0.15, -0.1) is 0 Å². The minimum Gasteiger partial charge on any atom is -0.393 e. The fraction of sp³-hybridized carbons (Fsp3) is 1.00. The van der Waals surface area contributed by atoms with Crippen molar-refractivity contribution >= 4 is 0 Å². The molecule has 0 saturated carbocycles. The monoisotopic (exact) mass is 202 g/mol. The second-order valence-electron chi connectivity index (χ2n) is 4.34. The van der Waals surface area contributed by atoms with Gasteiger partial charge in [-0.25, -0.2) is 0 Å².